The molecule has 106 valence electrons. The third-order valence-corrected chi connectivity index (χ3v) is 4.26. The van der Waals surface area contributed by atoms with Gasteiger partial charge in [0, 0.05) is 13.1 Å². The van der Waals surface area contributed by atoms with E-state index in [1.807, 2.05) is 6.07 Å². The molecule has 1 saturated carbocycles. The summed E-state index contributed by atoms with van der Waals surface area (Å²) in [7, 11) is 0. The molecule has 5 nitrogen and oxygen atoms in total. The zero-order valence-electron chi connectivity index (χ0n) is 11.1. The van der Waals surface area contributed by atoms with Gasteiger partial charge in [-0.15, -0.1) is 5.06 Å². The van der Waals surface area contributed by atoms with Crippen LogP contribution in [0.3, 0.4) is 0 Å². The van der Waals surface area contributed by atoms with Crippen LogP contribution < -0.4 is 0 Å². The van der Waals surface area contributed by atoms with Gasteiger partial charge in [-0.1, -0.05) is 18.2 Å². The van der Waals surface area contributed by atoms with Crippen LogP contribution in [0.1, 0.15) is 23.2 Å². The van der Waals surface area contributed by atoms with Gasteiger partial charge in [0.25, 0.3) is 0 Å². The van der Waals surface area contributed by atoms with Crippen LogP contribution in [-0.4, -0.2) is 35.2 Å². The molecule has 2 aliphatic rings. The Balaban J connectivity index is 1.54. The first-order valence-corrected chi connectivity index (χ1v) is 6.92. The van der Waals surface area contributed by atoms with E-state index >= 15 is 0 Å². The molecule has 1 N–H and O–H groups in total. The molecule has 1 aromatic carbocycles. The van der Waals surface area contributed by atoms with E-state index in [0.29, 0.717) is 18.7 Å². The number of carbonyl (C=O) groups excluding carboxylic acids is 1. The van der Waals surface area contributed by atoms with Gasteiger partial charge in [-0.3, -0.25) is 4.79 Å². The molecule has 1 unspecified atom stereocenters. The van der Waals surface area contributed by atoms with Gasteiger partial charge in [0.2, 0.25) is 0 Å². The summed E-state index contributed by atoms with van der Waals surface area (Å²) in [5.74, 6) is -0.700. The molecule has 3 atom stereocenters. The molecule has 1 heterocycles. The van der Waals surface area contributed by atoms with Crippen LogP contribution in [0.4, 0.5) is 0 Å². The number of fused-ring (bicyclic) bond motifs is 1. The predicted molar refractivity (Wildman–Crippen MR) is 70.8 cm³/mol. The second-order valence-electron chi connectivity index (χ2n) is 5.44. The first-order chi connectivity index (χ1) is 9.66. The van der Waals surface area contributed by atoms with Gasteiger partial charge >= 0.3 is 11.9 Å². The maximum absolute atomic E-state index is 11.9. The minimum atomic E-state index is -0.685. The lowest BCUT2D eigenvalue weighted by Gasteiger charge is -2.19. The summed E-state index contributed by atoms with van der Waals surface area (Å²) in [6, 6.07) is 8.88. The summed E-state index contributed by atoms with van der Waals surface area (Å²) < 4.78 is 0. The van der Waals surface area contributed by atoms with Crippen molar-refractivity contribution >= 4 is 11.9 Å². The Morgan fingerprint density at radius 2 is 1.70 bits per heavy atom. The quantitative estimate of drug-likeness (QED) is 0.911. The summed E-state index contributed by atoms with van der Waals surface area (Å²) in [6.07, 6.45) is 1.56. The predicted octanol–water partition coefficient (Wildman–Crippen LogP) is 1.80. The van der Waals surface area contributed by atoms with Crippen molar-refractivity contribution in [3.8, 4) is 0 Å². The minimum Gasteiger partial charge on any atom is -0.481 e. The van der Waals surface area contributed by atoms with Crippen LogP contribution >= 0.6 is 0 Å². The Morgan fingerprint density at radius 3 is 2.25 bits per heavy atom. The first kappa shape index (κ1) is 13.1. The number of hydrogen-bond donors (Lipinski definition) is 1. The molecular weight excluding hydrogens is 258 g/mol. The van der Waals surface area contributed by atoms with E-state index in [2.05, 4.69) is 0 Å². The van der Waals surface area contributed by atoms with Crippen molar-refractivity contribution in [2.45, 2.75) is 12.8 Å². The lowest BCUT2D eigenvalue weighted by molar-refractivity contribution is -0.140. The average molecular weight is 275 g/mol. The molecule has 5 heteroatoms. The second kappa shape index (κ2) is 5.25. The molecule has 3 rings (SSSR count). The number of carbonyl (C=O) groups is 2. The van der Waals surface area contributed by atoms with Crippen LogP contribution in [0, 0.1) is 17.8 Å². The third-order valence-electron chi connectivity index (χ3n) is 4.26. The van der Waals surface area contributed by atoms with Gasteiger partial charge in [-0.2, -0.15) is 0 Å². The van der Waals surface area contributed by atoms with Crippen LogP contribution in [0.5, 0.6) is 0 Å². The van der Waals surface area contributed by atoms with Crippen molar-refractivity contribution in [1.29, 1.82) is 0 Å². The van der Waals surface area contributed by atoms with Gasteiger partial charge in [-0.25, -0.2) is 4.79 Å². The Kier molecular flexibility index (Phi) is 3.44. The zero-order valence-corrected chi connectivity index (χ0v) is 11.1. The molecule has 0 amide bonds. The van der Waals surface area contributed by atoms with Crippen molar-refractivity contribution in [2.75, 3.05) is 13.1 Å². The SMILES string of the molecule is O=C(ON1CC[C@@H]2C(C(=O)O)[C@@H]2CC1)c1ccccc1. The van der Waals surface area contributed by atoms with Gasteiger partial charge in [0.05, 0.1) is 11.5 Å². The Labute approximate surface area is 117 Å². The van der Waals surface area contributed by atoms with E-state index in [4.69, 9.17) is 9.94 Å². The lowest BCUT2D eigenvalue weighted by Crippen LogP contribution is -2.29. The van der Waals surface area contributed by atoms with Crippen LogP contribution in [0.2, 0.25) is 0 Å². The molecule has 0 aromatic heterocycles. The molecule has 0 bridgehead atoms. The van der Waals surface area contributed by atoms with E-state index in [9.17, 15) is 9.59 Å². The summed E-state index contributed by atoms with van der Waals surface area (Å²) in [5, 5.41) is 10.7. The number of rotatable bonds is 3. The van der Waals surface area contributed by atoms with E-state index in [1.165, 1.54) is 0 Å². The molecule has 0 radical (unpaired) electrons. The second-order valence-corrected chi connectivity index (χ2v) is 5.44. The maximum atomic E-state index is 11.9. The molecule has 2 fully saturated rings. The molecule has 1 aromatic rings. The van der Waals surface area contributed by atoms with E-state index in [-0.39, 0.29) is 23.7 Å². The fourth-order valence-corrected chi connectivity index (χ4v) is 3.13. The average Bonchev–Trinajstić information content (AvgIpc) is 3.17. The van der Waals surface area contributed by atoms with Gasteiger partial charge < -0.3 is 9.94 Å². The number of carboxylic acids is 1. The maximum Gasteiger partial charge on any atom is 0.357 e. The number of carboxylic acid groups (broad SMARTS) is 1. The highest BCUT2D eigenvalue weighted by atomic mass is 16.7. The third kappa shape index (κ3) is 2.54. The van der Waals surface area contributed by atoms with Crippen LogP contribution in [-0.2, 0) is 9.63 Å². The van der Waals surface area contributed by atoms with Gasteiger partial charge in [0.1, 0.15) is 0 Å². The highest BCUT2D eigenvalue weighted by Crippen LogP contribution is 2.52. The standard InChI is InChI=1S/C15H17NO4/c17-14(18)13-11-6-8-16(9-7-12(11)13)20-15(19)10-4-2-1-3-5-10/h1-5,11-13H,6-9H2,(H,17,18)/t11-,12+,13?. The fraction of sp³-hybridized carbons (Fsp3) is 0.467. The number of aliphatic carboxylic acids is 1. The zero-order chi connectivity index (χ0) is 14.1. The highest BCUT2D eigenvalue weighted by Gasteiger charge is 2.55. The summed E-state index contributed by atoms with van der Waals surface area (Å²) >= 11 is 0. The largest absolute Gasteiger partial charge is 0.481 e. The Bertz CT molecular complexity index is 502. The number of hydroxylamine groups is 2. The monoisotopic (exact) mass is 275 g/mol. The highest BCUT2D eigenvalue weighted by molar-refractivity contribution is 5.89. The van der Waals surface area contributed by atoms with E-state index < -0.39 is 5.97 Å². The van der Waals surface area contributed by atoms with Crippen molar-refractivity contribution in [2.24, 2.45) is 17.8 Å². The molecule has 1 aliphatic heterocycles. The smallest absolute Gasteiger partial charge is 0.357 e. The van der Waals surface area contributed by atoms with E-state index in [1.54, 1.807) is 29.3 Å². The molecule has 0 spiro atoms. The minimum absolute atomic E-state index is 0.179. The van der Waals surface area contributed by atoms with E-state index in [0.717, 1.165) is 12.8 Å². The molecular formula is C15H17NO4. The summed E-state index contributed by atoms with van der Waals surface area (Å²) in [6.45, 7) is 1.23. The number of benzene rings is 1. The Morgan fingerprint density at radius 1 is 1.10 bits per heavy atom. The van der Waals surface area contributed by atoms with Crippen LogP contribution in [0.15, 0.2) is 30.3 Å². The van der Waals surface area contributed by atoms with Crippen LogP contribution in [0.25, 0.3) is 0 Å². The normalized spacial score (nSPS) is 29.1. The number of hydrogen-bond acceptors (Lipinski definition) is 4. The molecule has 1 saturated heterocycles. The van der Waals surface area contributed by atoms with Crippen molar-refractivity contribution < 1.29 is 19.5 Å². The molecule has 1 aliphatic carbocycles. The number of nitrogens with zero attached hydrogens (tertiary/aromatic N) is 1. The van der Waals surface area contributed by atoms with Gasteiger partial charge in [0.15, 0.2) is 0 Å². The van der Waals surface area contributed by atoms with Gasteiger partial charge in [-0.05, 0) is 36.8 Å². The fourth-order valence-electron chi connectivity index (χ4n) is 3.13. The summed E-state index contributed by atoms with van der Waals surface area (Å²) in [5.41, 5.74) is 0.533. The van der Waals surface area contributed by atoms with Crippen molar-refractivity contribution in [3.05, 3.63) is 35.9 Å². The Hall–Kier alpha value is -1.88. The topological polar surface area (TPSA) is 66.8 Å². The summed E-state index contributed by atoms with van der Waals surface area (Å²) in [4.78, 5) is 28.3. The van der Waals surface area contributed by atoms with Crippen molar-refractivity contribution in [3.63, 3.8) is 0 Å². The molecule has 20 heavy (non-hydrogen) atoms. The first-order valence-electron chi connectivity index (χ1n) is 6.92. The van der Waals surface area contributed by atoms with Crippen molar-refractivity contribution in [1.82, 2.24) is 5.06 Å². The lowest BCUT2D eigenvalue weighted by atomic mass is 10.2.